The van der Waals surface area contributed by atoms with Crippen molar-refractivity contribution in [2.45, 2.75) is 12.8 Å². The van der Waals surface area contributed by atoms with Gasteiger partial charge in [0.2, 0.25) is 0 Å². The quantitative estimate of drug-likeness (QED) is 0.912. The van der Waals surface area contributed by atoms with Gasteiger partial charge in [-0.3, -0.25) is 4.57 Å². The van der Waals surface area contributed by atoms with Crippen LogP contribution in [-0.4, -0.2) is 42.2 Å². The average Bonchev–Trinajstić information content (AvgIpc) is 2.74. The van der Waals surface area contributed by atoms with Crippen molar-refractivity contribution in [1.82, 2.24) is 14.8 Å². The van der Waals surface area contributed by atoms with Crippen LogP contribution >= 0.6 is 0 Å². The minimum absolute atomic E-state index is 0.299. The second-order valence-electron chi connectivity index (χ2n) is 5.61. The molecule has 1 aromatic heterocycles. The molecule has 1 aliphatic rings. The van der Waals surface area contributed by atoms with Crippen molar-refractivity contribution in [2.75, 3.05) is 32.7 Å². The predicted molar refractivity (Wildman–Crippen MR) is 79.2 cm³/mol. The largest absolute Gasteiger partial charge is 0.419 e. The van der Waals surface area contributed by atoms with Crippen molar-refractivity contribution >= 4 is 11.1 Å². The molecular weight excluding hydrogens is 254 g/mol. The smallest absolute Gasteiger partial charge is 0.408 e. The Morgan fingerprint density at radius 1 is 1.35 bits per heavy atom. The number of aromatic nitrogens is 1. The Morgan fingerprint density at radius 3 is 2.85 bits per heavy atom. The highest BCUT2D eigenvalue weighted by Gasteiger charge is 2.15. The third kappa shape index (κ3) is 2.51. The molecule has 5 nitrogen and oxygen atoms in total. The van der Waals surface area contributed by atoms with Gasteiger partial charge in [0, 0.05) is 39.8 Å². The highest BCUT2D eigenvalue weighted by molar-refractivity contribution is 5.73. The number of nitrogens with zero attached hydrogens (tertiary/aromatic N) is 2. The fraction of sp³-hybridized carbons (Fsp3) is 0.533. The molecule has 108 valence electrons. The second kappa shape index (κ2) is 5.42. The summed E-state index contributed by atoms with van der Waals surface area (Å²) >= 11 is 0. The first kappa shape index (κ1) is 13.4. The van der Waals surface area contributed by atoms with Gasteiger partial charge in [-0.25, -0.2) is 4.79 Å². The summed E-state index contributed by atoms with van der Waals surface area (Å²) in [7, 11) is 1.73. The average molecular weight is 275 g/mol. The van der Waals surface area contributed by atoms with Crippen molar-refractivity contribution in [2.24, 2.45) is 7.05 Å². The molecule has 1 unspecified atom stereocenters. The van der Waals surface area contributed by atoms with Gasteiger partial charge in [-0.1, -0.05) is 13.0 Å². The van der Waals surface area contributed by atoms with E-state index in [2.05, 4.69) is 23.2 Å². The number of nitrogens with one attached hydrogen (secondary N) is 1. The van der Waals surface area contributed by atoms with Gasteiger partial charge in [-0.05, 0) is 23.6 Å². The molecule has 1 aliphatic heterocycles. The maximum atomic E-state index is 11.5. The first-order chi connectivity index (χ1) is 9.65. The van der Waals surface area contributed by atoms with Crippen LogP contribution in [0.25, 0.3) is 11.1 Å². The van der Waals surface area contributed by atoms with E-state index < -0.39 is 0 Å². The van der Waals surface area contributed by atoms with Crippen LogP contribution in [0, 0.1) is 0 Å². The minimum Gasteiger partial charge on any atom is -0.408 e. The zero-order chi connectivity index (χ0) is 14.1. The highest BCUT2D eigenvalue weighted by atomic mass is 16.4. The topological polar surface area (TPSA) is 50.4 Å². The maximum absolute atomic E-state index is 11.5. The Bertz CT molecular complexity index is 653. The van der Waals surface area contributed by atoms with Gasteiger partial charge in [0.1, 0.15) is 0 Å². The van der Waals surface area contributed by atoms with Crippen LogP contribution in [-0.2, 0) is 7.05 Å². The summed E-state index contributed by atoms with van der Waals surface area (Å²) in [4.78, 5) is 14.0. The third-order valence-corrected chi connectivity index (χ3v) is 4.13. The lowest BCUT2D eigenvalue weighted by Crippen LogP contribution is -2.44. The normalized spacial score (nSPS) is 18.5. The molecule has 2 aromatic rings. The lowest BCUT2D eigenvalue weighted by molar-refractivity contribution is 0.230. The van der Waals surface area contributed by atoms with Crippen LogP contribution in [0.5, 0.6) is 0 Å². The molecule has 0 radical (unpaired) electrons. The van der Waals surface area contributed by atoms with Crippen LogP contribution in [0.4, 0.5) is 0 Å². The van der Waals surface area contributed by atoms with E-state index in [1.807, 2.05) is 12.1 Å². The molecule has 0 saturated carbocycles. The molecular formula is C15H21N3O2. The summed E-state index contributed by atoms with van der Waals surface area (Å²) in [6.07, 6.45) is 0. The number of benzene rings is 1. The van der Waals surface area contributed by atoms with Gasteiger partial charge < -0.3 is 14.6 Å². The molecule has 2 heterocycles. The van der Waals surface area contributed by atoms with Gasteiger partial charge in [0.25, 0.3) is 0 Å². The number of aryl methyl sites for hydroxylation is 1. The first-order valence-electron chi connectivity index (χ1n) is 7.17. The maximum Gasteiger partial charge on any atom is 0.419 e. The van der Waals surface area contributed by atoms with Crippen molar-refractivity contribution in [3.05, 3.63) is 34.3 Å². The Kier molecular flexibility index (Phi) is 3.63. The van der Waals surface area contributed by atoms with Gasteiger partial charge in [-0.15, -0.1) is 0 Å². The van der Waals surface area contributed by atoms with Gasteiger partial charge >= 0.3 is 5.76 Å². The molecule has 0 spiro atoms. The summed E-state index contributed by atoms with van der Waals surface area (Å²) in [5.41, 5.74) is 2.76. The van der Waals surface area contributed by atoms with E-state index in [9.17, 15) is 4.79 Å². The standard InChI is InChI=1S/C15H21N3O2/c1-11(10-18-7-5-16-6-8-18)12-3-4-13-14(9-12)20-15(19)17(13)2/h3-4,9,11,16H,5-8,10H2,1-2H3. The fourth-order valence-electron chi connectivity index (χ4n) is 2.84. The van der Waals surface area contributed by atoms with E-state index in [1.165, 1.54) is 5.56 Å². The van der Waals surface area contributed by atoms with Crippen molar-refractivity contribution in [3.8, 4) is 0 Å². The van der Waals surface area contributed by atoms with Crippen LogP contribution in [0.1, 0.15) is 18.4 Å². The molecule has 0 aliphatic carbocycles. The highest BCUT2D eigenvalue weighted by Crippen LogP contribution is 2.21. The van der Waals surface area contributed by atoms with Gasteiger partial charge in [0.15, 0.2) is 5.58 Å². The summed E-state index contributed by atoms with van der Waals surface area (Å²) in [5, 5.41) is 3.37. The van der Waals surface area contributed by atoms with Crippen LogP contribution in [0.3, 0.4) is 0 Å². The summed E-state index contributed by atoms with van der Waals surface area (Å²) in [6.45, 7) is 7.62. The summed E-state index contributed by atoms with van der Waals surface area (Å²) in [5.74, 6) is 0.134. The Labute approximate surface area is 118 Å². The first-order valence-corrected chi connectivity index (χ1v) is 7.17. The van der Waals surface area contributed by atoms with E-state index >= 15 is 0 Å². The summed E-state index contributed by atoms with van der Waals surface area (Å²) in [6, 6.07) is 6.08. The Balaban J connectivity index is 1.80. The van der Waals surface area contributed by atoms with E-state index in [0.717, 1.165) is 38.2 Å². The molecule has 0 bridgehead atoms. The molecule has 1 saturated heterocycles. The summed E-state index contributed by atoms with van der Waals surface area (Å²) < 4.78 is 6.81. The second-order valence-corrected chi connectivity index (χ2v) is 5.61. The van der Waals surface area contributed by atoms with Crippen molar-refractivity contribution in [1.29, 1.82) is 0 Å². The number of rotatable bonds is 3. The lowest BCUT2D eigenvalue weighted by Gasteiger charge is -2.29. The molecule has 3 rings (SSSR count). The molecule has 1 atom stereocenters. The zero-order valence-corrected chi connectivity index (χ0v) is 12.1. The third-order valence-electron chi connectivity index (χ3n) is 4.13. The van der Waals surface area contributed by atoms with Crippen LogP contribution < -0.4 is 11.1 Å². The van der Waals surface area contributed by atoms with Crippen molar-refractivity contribution < 1.29 is 4.42 Å². The number of fused-ring (bicyclic) bond motifs is 1. The van der Waals surface area contributed by atoms with E-state index in [-0.39, 0.29) is 5.76 Å². The Morgan fingerprint density at radius 2 is 2.10 bits per heavy atom. The SMILES string of the molecule is CC(CN1CCNCC1)c1ccc2c(c1)oc(=O)n2C. The van der Waals surface area contributed by atoms with Gasteiger partial charge in [-0.2, -0.15) is 0 Å². The monoisotopic (exact) mass is 275 g/mol. The van der Waals surface area contributed by atoms with E-state index in [4.69, 9.17) is 4.42 Å². The fourth-order valence-corrected chi connectivity index (χ4v) is 2.84. The van der Waals surface area contributed by atoms with Crippen molar-refractivity contribution in [3.63, 3.8) is 0 Å². The zero-order valence-electron chi connectivity index (χ0n) is 12.1. The Hall–Kier alpha value is -1.59. The van der Waals surface area contributed by atoms with Crippen LogP contribution in [0.2, 0.25) is 0 Å². The number of hydrogen-bond acceptors (Lipinski definition) is 4. The van der Waals surface area contributed by atoms with E-state index in [1.54, 1.807) is 11.6 Å². The number of oxazole rings is 1. The predicted octanol–water partition coefficient (Wildman–Crippen LogP) is 1.14. The molecule has 1 fully saturated rings. The van der Waals surface area contributed by atoms with Crippen LogP contribution in [0.15, 0.2) is 27.4 Å². The minimum atomic E-state index is -0.299. The van der Waals surface area contributed by atoms with E-state index in [0.29, 0.717) is 11.5 Å². The molecule has 5 heteroatoms. The van der Waals surface area contributed by atoms with Gasteiger partial charge in [0.05, 0.1) is 5.52 Å². The molecule has 1 aromatic carbocycles. The number of hydrogen-bond donors (Lipinski definition) is 1. The molecule has 0 amide bonds. The number of piperazine rings is 1. The molecule has 20 heavy (non-hydrogen) atoms. The molecule has 1 N–H and O–H groups in total. The lowest BCUT2D eigenvalue weighted by atomic mass is 10.00.